The minimum atomic E-state index is -0.860. The lowest BCUT2D eigenvalue weighted by Crippen LogP contribution is -2.17. The molecule has 0 heterocycles. The van der Waals surface area contributed by atoms with Crippen LogP contribution in [0.5, 0.6) is 0 Å². The van der Waals surface area contributed by atoms with E-state index in [1.807, 2.05) is 12.1 Å². The van der Waals surface area contributed by atoms with Gasteiger partial charge < -0.3 is 5.11 Å². The molecule has 1 N–H and O–H groups in total. The molecule has 0 saturated carbocycles. The second-order valence-electron chi connectivity index (χ2n) is 6.99. The highest BCUT2D eigenvalue weighted by atomic mass is 16.4. The first-order chi connectivity index (χ1) is 11.2. The Hall–Kier alpha value is -2.09. The van der Waals surface area contributed by atoms with Gasteiger partial charge in [-0.3, -0.25) is 0 Å². The fraction of sp³-hybridized carbons (Fsp3) is 0.381. The van der Waals surface area contributed by atoms with Crippen LogP contribution in [-0.2, 0) is 19.3 Å². The van der Waals surface area contributed by atoms with E-state index in [4.69, 9.17) is 5.11 Å². The van der Waals surface area contributed by atoms with Crippen LogP contribution in [0.15, 0.2) is 36.4 Å². The van der Waals surface area contributed by atoms with Gasteiger partial charge >= 0.3 is 5.97 Å². The van der Waals surface area contributed by atoms with Gasteiger partial charge in [0.1, 0.15) is 0 Å². The van der Waals surface area contributed by atoms with Gasteiger partial charge in [-0.25, -0.2) is 4.79 Å². The van der Waals surface area contributed by atoms with Crippen LogP contribution >= 0.6 is 0 Å². The first-order valence-corrected chi connectivity index (χ1v) is 8.67. The molecule has 2 aliphatic rings. The molecule has 0 unspecified atom stereocenters. The zero-order valence-electron chi connectivity index (χ0n) is 13.3. The normalized spacial score (nSPS) is 16.9. The van der Waals surface area contributed by atoms with E-state index in [-0.39, 0.29) is 0 Å². The summed E-state index contributed by atoms with van der Waals surface area (Å²) in [5.41, 5.74) is 7.76. The minimum Gasteiger partial charge on any atom is -0.478 e. The maximum absolute atomic E-state index is 11.0. The summed E-state index contributed by atoms with van der Waals surface area (Å²) in [6, 6.07) is 12.1. The Morgan fingerprint density at radius 2 is 1.57 bits per heavy atom. The average Bonchev–Trinajstić information content (AvgIpc) is 2.56. The SMILES string of the molecule is O=C(O)c1ccc(Cc2cc3c4c(c2)CCCC4CCC3)cc1. The summed E-state index contributed by atoms with van der Waals surface area (Å²) in [6.45, 7) is 0. The lowest BCUT2D eigenvalue weighted by atomic mass is 9.72. The third kappa shape index (κ3) is 2.78. The standard InChI is InChI=1S/C21H22O2/c22-21(23)17-9-7-14(8-10-17)11-15-12-18-5-1-3-16-4-2-6-19(13-15)20(16)18/h7-10,12-13,16H,1-6,11H2,(H,22,23). The molecule has 0 aromatic heterocycles. The third-order valence-corrected chi connectivity index (χ3v) is 5.43. The highest BCUT2D eigenvalue weighted by Gasteiger charge is 2.26. The zero-order valence-corrected chi connectivity index (χ0v) is 13.3. The van der Waals surface area contributed by atoms with Gasteiger partial charge in [-0.05, 0) is 90.8 Å². The molecule has 2 nitrogen and oxygen atoms in total. The molecule has 0 fully saturated rings. The second kappa shape index (κ2) is 5.84. The Kier molecular flexibility index (Phi) is 3.68. The van der Waals surface area contributed by atoms with E-state index in [1.165, 1.54) is 49.7 Å². The van der Waals surface area contributed by atoms with E-state index >= 15 is 0 Å². The van der Waals surface area contributed by atoms with Crippen LogP contribution < -0.4 is 0 Å². The molecule has 23 heavy (non-hydrogen) atoms. The summed E-state index contributed by atoms with van der Waals surface area (Å²) in [5, 5.41) is 9.00. The van der Waals surface area contributed by atoms with E-state index in [1.54, 1.807) is 28.8 Å². The molecule has 0 radical (unpaired) electrons. The Balaban J connectivity index is 1.63. The molecule has 0 saturated heterocycles. The number of hydrogen-bond acceptors (Lipinski definition) is 1. The summed E-state index contributed by atoms with van der Waals surface area (Å²) >= 11 is 0. The van der Waals surface area contributed by atoms with Crippen LogP contribution in [0.25, 0.3) is 0 Å². The Morgan fingerprint density at radius 1 is 0.957 bits per heavy atom. The van der Waals surface area contributed by atoms with Gasteiger partial charge in [-0.15, -0.1) is 0 Å². The largest absolute Gasteiger partial charge is 0.478 e. The van der Waals surface area contributed by atoms with Crippen LogP contribution in [0, 0.1) is 0 Å². The number of benzene rings is 2. The third-order valence-electron chi connectivity index (χ3n) is 5.43. The number of carboxylic acid groups (broad SMARTS) is 1. The molecule has 0 atom stereocenters. The van der Waals surface area contributed by atoms with Crippen molar-refractivity contribution in [3.8, 4) is 0 Å². The summed E-state index contributed by atoms with van der Waals surface area (Å²) in [7, 11) is 0. The zero-order chi connectivity index (χ0) is 15.8. The smallest absolute Gasteiger partial charge is 0.335 e. The van der Waals surface area contributed by atoms with E-state index in [9.17, 15) is 4.79 Å². The Bertz CT molecular complexity index is 712. The van der Waals surface area contributed by atoms with Gasteiger partial charge in [0.15, 0.2) is 0 Å². The van der Waals surface area contributed by atoms with E-state index in [0.29, 0.717) is 5.56 Å². The molecule has 0 bridgehead atoms. The van der Waals surface area contributed by atoms with Crippen LogP contribution in [0.3, 0.4) is 0 Å². The van der Waals surface area contributed by atoms with Crippen LogP contribution in [0.2, 0.25) is 0 Å². The van der Waals surface area contributed by atoms with Gasteiger partial charge in [-0.2, -0.15) is 0 Å². The maximum Gasteiger partial charge on any atom is 0.335 e. The molecule has 0 aliphatic heterocycles. The summed E-state index contributed by atoms with van der Waals surface area (Å²) in [4.78, 5) is 11.0. The predicted octanol–water partition coefficient (Wildman–Crippen LogP) is 4.73. The van der Waals surface area contributed by atoms with Gasteiger partial charge in [-0.1, -0.05) is 24.3 Å². The van der Waals surface area contributed by atoms with Crippen LogP contribution in [0.4, 0.5) is 0 Å². The molecule has 2 heteroatoms. The topological polar surface area (TPSA) is 37.3 Å². The van der Waals surface area contributed by atoms with Crippen molar-refractivity contribution in [1.82, 2.24) is 0 Å². The number of aryl methyl sites for hydroxylation is 2. The van der Waals surface area contributed by atoms with E-state index in [0.717, 1.165) is 12.3 Å². The van der Waals surface area contributed by atoms with Crippen molar-refractivity contribution in [3.63, 3.8) is 0 Å². The fourth-order valence-electron chi connectivity index (χ4n) is 4.40. The maximum atomic E-state index is 11.0. The highest BCUT2D eigenvalue weighted by molar-refractivity contribution is 5.87. The Labute approximate surface area is 137 Å². The van der Waals surface area contributed by atoms with Gasteiger partial charge in [0.05, 0.1) is 5.56 Å². The second-order valence-corrected chi connectivity index (χ2v) is 6.99. The lowest BCUT2D eigenvalue weighted by molar-refractivity contribution is 0.0697. The van der Waals surface area contributed by atoms with Crippen molar-refractivity contribution in [2.75, 3.05) is 0 Å². The quantitative estimate of drug-likeness (QED) is 0.890. The van der Waals surface area contributed by atoms with Crippen molar-refractivity contribution < 1.29 is 9.90 Å². The lowest BCUT2D eigenvalue weighted by Gasteiger charge is -2.32. The Morgan fingerprint density at radius 3 is 2.13 bits per heavy atom. The van der Waals surface area contributed by atoms with Crippen molar-refractivity contribution in [1.29, 1.82) is 0 Å². The van der Waals surface area contributed by atoms with E-state index < -0.39 is 5.97 Å². The minimum absolute atomic E-state index is 0.358. The molecule has 0 amide bonds. The fourth-order valence-corrected chi connectivity index (χ4v) is 4.40. The van der Waals surface area contributed by atoms with Crippen molar-refractivity contribution in [3.05, 3.63) is 69.8 Å². The van der Waals surface area contributed by atoms with Crippen LogP contribution in [0.1, 0.15) is 69.8 Å². The number of aromatic carboxylic acids is 1. The number of rotatable bonds is 3. The van der Waals surface area contributed by atoms with Gasteiger partial charge in [0.2, 0.25) is 0 Å². The number of hydrogen-bond donors (Lipinski definition) is 1. The summed E-state index contributed by atoms with van der Waals surface area (Å²) < 4.78 is 0. The average molecular weight is 306 g/mol. The molecule has 2 aromatic carbocycles. The van der Waals surface area contributed by atoms with Crippen LogP contribution in [-0.4, -0.2) is 11.1 Å². The molecular formula is C21H22O2. The summed E-state index contributed by atoms with van der Waals surface area (Å²) in [6.07, 6.45) is 8.74. The molecule has 0 spiro atoms. The summed E-state index contributed by atoms with van der Waals surface area (Å²) in [5.74, 6) is -0.0489. The molecular weight excluding hydrogens is 284 g/mol. The first kappa shape index (κ1) is 14.5. The molecule has 2 aromatic rings. The van der Waals surface area contributed by atoms with Crippen molar-refractivity contribution in [2.24, 2.45) is 0 Å². The number of carbonyl (C=O) groups is 1. The highest BCUT2D eigenvalue weighted by Crippen LogP contribution is 2.41. The monoisotopic (exact) mass is 306 g/mol. The first-order valence-electron chi connectivity index (χ1n) is 8.67. The van der Waals surface area contributed by atoms with E-state index in [2.05, 4.69) is 12.1 Å². The van der Waals surface area contributed by atoms with Gasteiger partial charge in [0, 0.05) is 0 Å². The number of carboxylic acids is 1. The molecule has 2 aliphatic carbocycles. The van der Waals surface area contributed by atoms with Gasteiger partial charge in [0.25, 0.3) is 0 Å². The molecule has 118 valence electrons. The van der Waals surface area contributed by atoms with Crippen molar-refractivity contribution in [2.45, 2.75) is 50.9 Å². The molecule has 4 rings (SSSR count). The predicted molar refractivity (Wildman–Crippen MR) is 91.3 cm³/mol. The van der Waals surface area contributed by atoms with Crippen molar-refractivity contribution >= 4 is 5.97 Å².